The zero-order valence-electron chi connectivity index (χ0n) is 10.4. The lowest BCUT2D eigenvalue weighted by Gasteiger charge is -2.03. The van der Waals surface area contributed by atoms with Gasteiger partial charge in [-0.25, -0.2) is 0 Å². The lowest BCUT2D eigenvalue weighted by molar-refractivity contribution is 0.475. The van der Waals surface area contributed by atoms with Gasteiger partial charge in [-0.2, -0.15) is 0 Å². The average molecular weight is 239 g/mol. The van der Waals surface area contributed by atoms with Gasteiger partial charge in [0.1, 0.15) is 5.75 Å². The summed E-state index contributed by atoms with van der Waals surface area (Å²) in [6, 6.07) is 15.4. The smallest absolute Gasteiger partial charge is 0.115 e. The van der Waals surface area contributed by atoms with E-state index < -0.39 is 0 Å². The van der Waals surface area contributed by atoms with Crippen LogP contribution in [0, 0.1) is 0 Å². The minimum absolute atomic E-state index is 0.291. The molecule has 0 aliphatic carbocycles. The molecule has 0 saturated carbocycles. The zero-order valence-corrected chi connectivity index (χ0v) is 10.4. The predicted molar refractivity (Wildman–Crippen MR) is 76.0 cm³/mol. The van der Waals surface area contributed by atoms with E-state index in [1.807, 2.05) is 24.3 Å². The van der Waals surface area contributed by atoms with Crippen molar-refractivity contribution in [3.63, 3.8) is 0 Å². The Morgan fingerprint density at radius 1 is 1.06 bits per heavy atom. The second-order valence-electron chi connectivity index (χ2n) is 4.32. The summed E-state index contributed by atoms with van der Waals surface area (Å²) < 4.78 is 0. The van der Waals surface area contributed by atoms with Crippen molar-refractivity contribution in [1.82, 2.24) is 0 Å². The molecule has 0 atom stereocenters. The average Bonchev–Trinajstić information content (AvgIpc) is 2.40. The number of benzene rings is 2. The molecule has 0 unspecified atom stereocenters. The molecule has 92 valence electrons. The number of hydrogen-bond donors (Lipinski definition) is 2. The SMILES string of the molecule is C/C(=C\c1ccc(CN)cc1)c1ccc(O)cc1. The predicted octanol–water partition coefficient (Wildman–Crippen LogP) is 3.41. The topological polar surface area (TPSA) is 46.2 Å². The summed E-state index contributed by atoms with van der Waals surface area (Å²) >= 11 is 0. The number of rotatable bonds is 3. The van der Waals surface area contributed by atoms with E-state index in [-0.39, 0.29) is 0 Å². The van der Waals surface area contributed by atoms with Crippen molar-refractivity contribution in [2.24, 2.45) is 5.73 Å². The minimum Gasteiger partial charge on any atom is -0.508 e. The minimum atomic E-state index is 0.291. The first-order chi connectivity index (χ1) is 8.69. The lowest BCUT2D eigenvalue weighted by Crippen LogP contribution is -1.95. The van der Waals surface area contributed by atoms with E-state index in [1.165, 1.54) is 0 Å². The van der Waals surface area contributed by atoms with Crippen LogP contribution in [-0.4, -0.2) is 5.11 Å². The summed E-state index contributed by atoms with van der Waals surface area (Å²) in [5.74, 6) is 0.291. The van der Waals surface area contributed by atoms with E-state index >= 15 is 0 Å². The second-order valence-corrected chi connectivity index (χ2v) is 4.32. The molecular weight excluding hydrogens is 222 g/mol. The van der Waals surface area contributed by atoms with Gasteiger partial charge in [0, 0.05) is 6.54 Å². The number of aromatic hydroxyl groups is 1. The van der Waals surface area contributed by atoms with Gasteiger partial charge in [0.05, 0.1) is 0 Å². The van der Waals surface area contributed by atoms with Crippen LogP contribution >= 0.6 is 0 Å². The Morgan fingerprint density at radius 2 is 1.67 bits per heavy atom. The maximum Gasteiger partial charge on any atom is 0.115 e. The summed E-state index contributed by atoms with van der Waals surface area (Å²) in [5.41, 5.74) is 10.1. The van der Waals surface area contributed by atoms with Gasteiger partial charge in [-0.15, -0.1) is 0 Å². The van der Waals surface area contributed by atoms with Gasteiger partial charge in [0.2, 0.25) is 0 Å². The van der Waals surface area contributed by atoms with Crippen LogP contribution in [0.1, 0.15) is 23.6 Å². The largest absolute Gasteiger partial charge is 0.508 e. The van der Waals surface area contributed by atoms with Gasteiger partial charge in [-0.05, 0) is 41.3 Å². The number of phenols is 1. The van der Waals surface area contributed by atoms with Crippen LogP contribution < -0.4 is 5.73 Å². The molecule has 0 aromatic heterocycles. The molecule has 0 aliphatic heterocycles. The third-order valence-electron chi connectivity index (χ3n) is 2.92. The number of allylic oxidation sites excluding steroid dienone is 1. The van der Waals surface area contributed by atoms with Crippen LogP contribution in [0.4, 0.5) is 0 Å². The number of phenolic OH excluding ortho intramolecular Hbond substituents is 1. The number of nitrogens with two attached hydrogens (primary N) is 1. The molecule has 0 radical (unpaired) electrons. The highest BCUT2D eigenvalue weighted by molar-refractivity contribution is 5.80. The van der Waals surface area contributed by atoms with Crippen LogP contribution in [0.5, 0.6) is 5.75 Å². The monoisotopic (exact) mass is 239 g/mol. The van der Waals surface area contributed by atoms with E-state index in [0.717, 1.165) is 22.3 Å². The Balaban J connectivity index is 2.23. The highest BCUT2D eigenvalue weighted by atomic mass is 16.3. The van der Waals surface area contributed by atoms with Crippen molar-refractivity contribution in [3.05, 3.63) is 65.2 Å². The molecule has 2 aromatic rings. The van der Waals surface area contributed by atoms with Crippen LogP contribution in [-0.2, 0) is 6.54 Å². The van der Waals surface area contributed by atoms with E-state index in [0.29, 0.717) is 12.3 Å². The standard InChI is InChI=1S/C16H17NO/c1-12(15-6-8-16(18)9-7-15)10-13-2-4-14(11-17)5-3-13/h2-10,18H,11,17H2,1H3/b12-10+. The molecular formula is C16H17NO. The van der Waals surface area contributed by atoms with Gasteiger partial charge < -0.3 is 10.8 Å². The molecule has 2 aromatic carbocycles. The van der Waals surface area contributed by atoms with Crippen LogP contribution in [0.25, 0.3) is 11.6 Å². The molecule has 3 N–H and O–H groups in total. The van der Waals surface area contributed by atoms with E-state index in [1.54, 1.807) is 12.1 Å². The molecule has 0 amide bonds. The summed E-state index contributed by atoms with van der Waals surface area (Å²) in [4.78, 5) is 0. The van der Waals surface area contributed by atoms with Crippen molar-refractivity contribution >= 4 is 11.6 Å². The van der Waals surface area contributed by atoms with Crippen molar-refractivity contribution in [2.75, 3.05) is 0 Å². The first kappa shape index (κ1) is 12.4. The van der Waals surface area contributed by atoms with Gasteiger partial charge >= 0.3 is 0 Å². The highest BCUT2D eigenvalue weighted by Gasteiger charge is 1.97. The first-order valence-electron chi connectivity index (χ1n) is 5.96. The summed E-state index contributed by atoms with van der Waals surface area (Å²) in [6.45, 7) is 2.63. The van der Waals surface area contributed by atoms with Crippen LogP contribution in [0.2, 0.25) is 0 Å². The lowest BCUT2D eigenvalue weighted by atomic mass is 10.0. The van der Waals surface area contributed by atoms with Crippen molar-refractivity contribution in [2.45, 2.75) is 13.5 Å². The van der Waals surface area contributed by atoms with Crippen molar-refractivity contribution in [3.8, 4) is 5.75 Å². The molecule has 2 heteroatoms. The Labute approximate surface area is 107 Å². The van der Waals surface area contributed by atoms with E-state index in [4.69, 9.17) is 5.73 Å². The summed E-state index contributed by atoms with van der Waals surface area (Å²) in [6.07, 6.45) is 2.12. The normalized spacial score (nSPS) is 11.6. The van der Waals surface area contributed by atoms with Crippen LogP contribution in [0.3, 0.4) is 0 Å². The van der Waals surface area contributed by atoms with Gasteiger partial charge in [0.15, 0.2) is 0 Å². The third-order valence-corrected chi connectivity index (χ3v) is 2.92. The molecule has 0 saturated heterocycles. The summed E-state index contributed by atoms with van der Waals surface area (Å²) in [7, 11) is 0. The van der Waals surface area contributed by atoms with E-state index in [9.17, 15) is 5.11 Å². The van der Waals surface area contributed by atoms with Crippen molar-refractivity contribution in [1.29, 1.82) is 0 Å². The molecule has 0 spiro atoms. The Kier molecular flexibility index (Phi) is 3.80. The maximum absolute atomic E-state index is 9.25. The zero-order chi connectivity index (χ0) is 13.0. The second kappa shape index (κ2) is 5.52. The molecule has 0 fully saturated rings. The van der Waals surface area contributed by atoms with E-state index in [2.05, 4.69) is 25.1 Å². The van der Waals surface area contributed by atoms with Gasteiger partial charge in [0.25, 0.3) is 0 Å². The molecule has 0 bridgehead atoms. The fourth-order valence-corrected chi connectivity index (χ4v) is 1.81. The fourth-order valence-electron chi connectivity index (χ4n) is 1.81. The summed E-state index contributed by atoms with van der Waals surface area (Å²) in [5, 5.41) is 9.25. The molecule has 0 aliphatic rings. The molecule has 2 nitrogen and oxygen atoms in total. The number of hydrogen-bond acceptors (Lipinski definition) is 2. The quantitative estimate of drug-likeness (QED) is 0.806. The molecule has 0 heterocycles. The van der Waals surface area contributed by atoms with Gasteiger partial charge in [-0.3, -0.25) is 0 Å². The van der Waals surface area contributed by atoms with Crippen LogP contribution in [0.15, 0.2) is 48.5 Å². The molecule has 2 rings (SSSR count). The Bertz CT molecular complexity index is 538. The fraction of sp³-hybridized carbons (Fsp3) is 0.125. The van der Waals surface area contributed by atoms with Gasteiger partial charge in [-0.1, -0.05) is 42.5 Å². The highest BCUT2D eigenvalue weighted by Crippen LogP contribution is 2.20. The van der Waals surface area contributed by atoms with Crippen molar-refractivity contribution < 1.29 is 5.11 Å². The Morgan fingerprint density at radius 3 is 2.22 bits per heavy atom. The maximum atomic E-state index is 9.25. The first-order valence-corrected chi connectivity index (χ1v) is 5.96. The molecule has 18 heavy (non-hydrogen) atoms. The Hall–Kier alpha value is -2.06. The third kappa shape index (κ3) is 2.99.